The Labute approximate surface area is 151 Å². The second-order valence-electron chi connectivity index (χ2n) is 6.08. The molecule has 3 aromatic rings. The van der Waals surface area contributed by atoms with E-state index in [1.54, 1.807) is 6.07 Å². The van der Waals surface area contributed by atoms with E-state index < -0.39 is 5.97 Å². The number of hydrogen-bond donors (Lipinski definition) is 1. The van der Waals surface area contributed by atoms with Gasteiger partial charge in [-0.3, -0.25) is 9.20 Å². The van der Waals surface area contributed by atoms with Crippen molar-refractivity contribution >= 4 is 23.8 Å². The molecule has 0 saturated heterocycles. The maximum Gasteiger partial charge on any atom is 0.337 e. The third kappa shape index (κ3) is 3.72. The van der Waals surface area contributed by atoms with E-state index in [0.29, 0.717) is 23.3 Å². The van der Waals surface area contributed by atoms with Crippen molar-refractivity contribution in [1.29, 1.82) is 0 Å². The molecule has 3 rings (SSSR count). The Morgan fingerprint density at radius 3 is 2.62 bits per heavy atom. The first kappa shape index (κ1) is 17.6. The van der Waals surface area contributed by atoms with Gasteiger partial charge in [-0.05, 0) is 36.6 Å². The van der Waals surface area contributed by atoms with Crippen molar-refractivity contribution in [2.24, 2.45) is 0 Å². The standard InChI is InChI=1S/C21H20N2O3/c1-2-3-9-17-18(12-10-15-7-5-4-6-8-15)22-19-13-11-16(21(25)26)14-23(19)20(17)24/h4-8,10-14H,2-3,9H2,1H3,(H,25,26)/b12-10+. The van der Waals surface area contributed by atoms with Crippen LogP contribution < -0.4 is 5.56 Å². The van der Waals surface area contributed by atoms with Gasteiger partial charge in [-0.1, -0.05) is 49.8 Å². The summed E-state index contributed by atoms with van der Waals surface area (Å²) in [4.78, 5) is 28.7. The smallest absolute Gasteiger partial charge is 0.337 e. The van der Waals surface area contributed by atoms with Crippen LogP contribution in [0.2, 0.25) is 0 Å². The maximum atomic E-state index is 12.9. The molecule has 0 aliphatic rings. The summed E-state index contributed by atoms with van der Waals surface area (Å²) in [6.07, 6.45) is 7.56. The minimum atomic E-state index is -1.07. The van der Waals surface area contributed by atoms with E-state index in [2.05, 4.69) is 11.9 Å². The molecule has 0 aliphatic heterocycles. The number of pyridine rings is 1. The quantitative estimate of drug-likeness (QED) is 0.733. The van der Waals surface area contributed by atoms with Crippen molar-refractivity contribution in [1.82, 2.24) is 9.38 Å². The van der Waals surface area contributed by atoms with E-state index in [1.165, 1.54) is 16.7 Å². The van der Waals surface area contributed by atoms with E-state index in [0.717, 1.165) is 18.4 Å². The van der Waals surface area contributed by atoms with Gasteiger partial charge in [0.05, 0.1) is 11.3 Å². The molecule has 0 atom stereocenters. The van der Waals surface area contributed by atoms with Gasteiger partial charge in [0.2, 0.25) is 0 Å². The van der Waals surface area contributed by atoms with Gasteiger partial charge in [0.1, 0.15) is 5.65 Å². The molecule has 26 heavy (non-hydrogen) atoms. The molecule has 0 fully saturated rings. The van der Waals surface area contributed by atoms with E-state index in [-0.39, 0.29) is 11.1 Å². The number of rotatable bonds is 6. The number of hydrogen-bond acceptors (Lipinski definition) is 3. The van der Waals surface area contributed by atoms with Gasteiger partial charge in [-0.15, -0.1) is 0 Å². The number of fused-ring (bicyclic) bond motifs is 1. The molecule has 5 nitrogen and oxygen atoms in total. The molecule has 0 unspecified atom stereocenters. The molecule has 2 heterocycles. The fraction of sp³-hybridized carbons (Fsp3) is 0.190. The number of unbranched alkanes of at least 4 members (excludes halogenated alkanes) is 1. The highest BCUT2D eigenvalue weighted by Crippen LogP contribution is 2.13. The van der Waals surface area contributed by atoms with E-state index in [9.17, 15) is 9.59 Å². The SMILES string of the molecule is CCCCc1c(/C=C/c2ccccc2)nc2ccc(C(=O)O)cn2c1=O. The van der Waals surface area contributed by atoms with Crippen molar-refractivity contribution < 1.29 is 9.90 Å². The van der Waals surface area contributed by atoms with Crippen LogP contribution in [0.1, 0.15) is 46.9 Å². The van der Waals surface area contributed by atoms with E-state index in [4.69, 9.17) is 5.11 Å². The molecule has 0 saturated carbocycles. The maximum absolute atomic E-state index is 12.9. The van der Waals surface area contributed by atoms with Gasteiger partial charge in [0.25, 0.3) is 5.56 Å². The monoisotopic (exact) mass is 348 g/mol. The van der Waals surface area contributed by atoms with Crippen LogP contribution in [0, 0.1) is 0 Å². The third-order valence-electron chi connectivity index (χ3n) is 4.21. The second-order valence-corrected chi connectivity index (χ2v) is 6.08. The Morgan fingerprint density at radius 2 is 1.92 bits per heavy atom. The summed E-state index contributed by atoms with van der Waals surface area (Å²) in [6.45, 7) is 2.06. The summed E-state index contributed by atoms with van der Waals surface area (Å²) in [6, 6.07) is 12.8. The zero-order valence-electron chi connectivity index (χ0n) is 14.6. The molecule has 0 aliphatic carbocycles. The van der Waals surface area contributed by atoms with Gasteiger partial charge < -0.3 is 5.11 Å². The van der Waals surface area contributed by atoms with Crippen molar-refractivity contribution in [2.45, 2.75) is 26.2 Å². The summed E-state index contributed by atoms with van der Waals surface area (Å²) in [5.74, 6) is -1.07. The first-order valence-corrected chi connectivity index (χ1v) is 8.62. The largest absolute Gasteiger partial charge is 0.478 e. The summed E-state index contributed by atoms with van der Waals surface area (Å²) >= 11 is 0. The van der Waals surface area contributed by atoms with Crippen LogP contribution in [0.25, 0.3) is 17.8 Å². The minimum absolute atomic E-state index is 0.0652. The lowest BCUT2D eigenvalue weighted by Crippen LogP contribution is -2.22. The number of aromatic carboxylic acids is 1. The Balaban J connectivity index is 2.14. The molecule has 0 spiro atoms. The highest BCUT2D eigenvalue weighted by Gasteiger charge is 2.12. The fourth-order valence-corrected chi connectivity index (χ4v) is 2.78. The fourth-order valence-electron chi connectivity index (χ4n) is 2.78. The van der Waals surface area contributed by atoms with Crippen LogP contribution in [0.4, 0.5) is 0 Å². The number of carboxylic acid groups (broad SMARTS) is 1. The van der Waals surface area contributed by atoms with Crippen LogP contribution in [0.5, 0.6) is 0 Å². The molecular formula is C21H20N2O3. The molecule has 1 N–H and O–H groups in total. The van der Waals surface area contributed by atoms with E-state index in [1.807, 2.05) is 42.5 Å². The number of aromatic nitrogens is 2. The highest BCUT2D eigenvalue weighted by molar-refractivity contribution is 5.87. The Morgan fingerprint density at radius 1 is 1.15 bits per heavy atom. The van der Waals surface area contributed by atoms with Crippen molar-refractivity contribution in [3.05, 3.63) is 81.4 Å². The first-order valence-electron chi connectivity index (χ1n) is 8.62. The van der Waals surface area contributed by atoms with Gasteiger partial charge in [-0.25, -0.2) is 9.78 Å². The van der Waals surface area contributed by atoms with Crippen LogP contribution in [-0.2, 0) is 6.42 Å². The average molecular weight is 348 g/mol. The normalized spacial score (nSPS) is 11.3. The van der Waals surface area contributed by atoms with Crippen LogP contribution in [0.3, 0.4) is 0 Å². The summed E-state index contributed by atoms with van der Waals surface area (Å²) in [5.41, 5.74) is 2.56. The zero-order chi connectivity index (χ0) is 18.5. The lowest BCUT2D eigenvalue weighted by atomic mass is 10.1. The molecule has 2 aromatic heterocycles. The molecule has 132 valence electrons. The lowest BCUT2D eigenvalue weighted by molar-refractivity contribution is 0.0696. The predicted octanol–water partition coefficient (Wildman–Crippen LogP) is 3.91. The molecule has 0 radical (unpaired) electrons. The topological polar surface area (TPSA) is 71.7 Å². The minimum Gasteiger partial charge on any atom is -0.478 e. The average Bonchev–Trinajstić information content (AvgIpc) is 2.66. The molecular weight excluding hydrogens is 328 g/mol. The summed E-state index contributed by atoms with van der Waals surface area (Å²) in [7, 11) is 0. The predicted molar refractivity (Wildman–Crippen MR) is 102 cm³/mol. The van der Waals surface area contributed by atoms with Crippen LogP contribution in [-0.4, -0.2) is 20.5 Å². The van der Waals surface area contributed by atoms with Gasteiger partial charge in [-0.2, -0.15) is 0 Å². The Kier molecular flexibility index (Phi) is 5.27. The van der Waals surface area contributed by atoms with Gasteiger partial charge in [0, 0.05) is 11.8 Å². The lowest BCUT2D eigenvalue weighted by Gasteiger charge is -2.09. The highest BCUT2D eigenvalue weighted by atomic mass is 16.4. The van der Waals surface area contributed by atoms with E-state index >= 15 is 0 Å². The molecule has 5 heteroatoms. The van der Waals surface area contributed by atoms with Crippen LogP contribution >= 0.6 is 0 Å². The Bertz CT molecular complexity index is 1020. The number of carboxylic acids is 1. The van der Waals surface area contributed by atoms with Crippen molar-refractivity contribution in [3.63, 3.8) is 0 Å². The van der Waals surface area contributed by atoms with Crippen molar-refractivity contribution in [3.8, 4) is 0 Å². The molecule has 0 amide bonds. The summed E-state index contributed by atoms with van der Waals surface area (Å²) < 4.78 is 1.33. The van der Waals surface area contributed by atoms with Gasteiger partial charge in [0.15, 0.2) is 0 Å². The van der Waals surface area contributed by atoms with Crippen LogP contribution in [0.15, 0.2) is 53.5 Å². The molecule has 1 aromatic carbocycles. The van der Waals surface area contributed by atoms with Crippen molar-refractivity contribution in [2.75, 3.05) is 0 Å². The molecule has 0 bridgehead atoms. The number of nitrogens with zero attached hydrogens (tertiary/aromatic N) is 2. The number of carbonyl (C=O) groups is 1. The zero-order valence-corrected chi connectivity index (χ0v) is 14.6. The second kappa shape index (κ2) is 7.78. The van der Waals surface area contributed by atoms with Gasteiger partial charge >= 0.3 is 5.97 Å². The Hall–Kier alpha value is -3.21. The third-order valence-corrected chi connectivity index (χ3v) is 4.21. The first-order chi connectivity index (χ1) is 12.6. The summed E-state index contributed by atoms with van der Waals surface area (Å²) in [5, 5.41) is 9.16. The number of benzene rings is 1.